The Kier molecular flexibility index (Phi) is 5.95. The molecule has 0 aromatic carbocycles. The number of nitriles is 1. The van der Waals surface area contributed by atoms with E-state index in [1.165, 1.54) is 0 Å². The molecule has 0 aliphatic carbocycles. The first-order chi connectivity index (χ1) is 8.21. The summed E-state index contributed by atoms with van der Waals surface area (Å²) < 4.78 is 0. The highest BCUT2D eigenvalue weighted by atomic mass is 16.2. The molecule has 2 N–H and O–H groups in total. The summed E-state index contributed by atoms with van der Waals surface area (Å²) in [6, 6.07) is 2.30. The lowest BCUT2D eigenvalue weighted by Crippen LogP contribution is -2.54. The molecule has 1 rings (SSSR count). The fourth-order valence-corrected chi connectivity index (χ4v) is 2.01. The lowest BCUT2D eigenvalue weighted by atomic mass is 10.1. The number of hydrogen-bond acceptors (Lipinski definition) is 4. The minimum atomic E-state index is -0.184. The molecule has 1 aliphatic rings. The van der Waals surface area contributed by atoms with Crippen LogP contribution in [0.2, 0.25) is 0 Å². The van der Waals surface area contributed by atoms with Gasteiger partial charge in [-0.3, -0.25) is 9.69 Å². The van der Waals surface area contributed by atoms with Crippen LogP contribution in [0, 0.1) is 11.3 Å². The van der Waals surface area contributed by atoms with E-state index in [4.69, 9.17) is 5.26 Å². The molecule has 17 heavy (non-hydrogen) atoms. The summed E-state index contributed by atoms with van der Waals surface area (Å²) in [7, 11) is 0. The number of amides is 1. The van der Waals surface area contributed by atoms with Crippen LogP contribution in [0.15, 0.2) is 0 Å². The summed E-state index contributed by atoms with van der Waals surface area (Å²) in [5.41, 5.74) is 0. The second kappa shape index (κ2) is 7.25. The maximum absolute atomic E-state index is 11.8. The maximum Gasteiger partial charge on any atom is 0.234 e. The number of carbonyl (C=O) groups is 1. The molecule has 0 saturated carbocycles. The van der Waals surface area contributed by atoms with E-state index < -0.39 is 0 Å². The average molecular weight is 238 g/mol. The maximum atomic E-state index is 11.8. The van der Waals surface area contributed by atoms with Crippen LogP contribution in [0.5, 0.6) is 0 Å². The van der Waals surface area contributed by atoms with E-state index in [1.807, 2.05) is 4.90 Å². The molecular formula is C12H22N4O. The van der Waals surface area contributed by atoms with Crippen LogP contribution in [-0.2, 0) is 4.79 Å². The SMILES string of the molecule is CCC(CC)NC(=O)CN1CCNCC1C#N. The second-order valence-electron chi connectivity index (χ2n) is 4.40. The first kappa shape index (κ1) is 13.9. The van der Waals surface area contributed by atoms with Crippen molar-refractivity contribution in [2.75, 3.05) is 26.2 Å². The third kappa shape index (κ3) is 4.33. The van der Waals surface area contributed by atoms with Gasteiger partial charge >= 0.3 is 0 Å². The molecule has 0 spiro atoms. The van der Waals surface area contributed by atoms with E-state index in [9.17, 15) is 4.79 Å². The van der Waals surface area contributed by atoms with Crippen molar-refractivity contribution in [1.82, 2.24) is 15.5 Å². The van der Waals surface area contributed by atoms with Gasteiger partial charge in [0.15, 0.2) is 0 Å². The van der Waals surface area contributed by atoms with Crippen LogP contribution >= 0.6 is 0 Å². The van der Waals surface area contributed by atoms with Crippen molar-refractivity contribution < 1.29 is 4.79 Å². The molecule has 0 bridgehead atoms. The number of nitrogens with one attached hydrogen (secondary N) is 2. The molecule has 0 aromatic rings. The summed E-state index contributed by atoms with van der Waals surface area (Å²) in [6.45, 7) is 6.71. The first-order valence-electron chi connectivity index (χ1n) is 6.35. The Hall–Kier alpha value is -1.12. The highest BCUT2D eigenvalue weighted by Gasteiger charge is 2.24. The molecule has 5 heteroatoms. The third-order valence-electron chi connectivity index (χ3n) is 3.20. The van der Waals surface area contributed by atoms with Gasteiger partial charge < -0.3 is 10.6 Å². The van der Waals surface area contributed by atoms with Gasteiger partial charge in [0.05, 0.1) is 12.6 Å². The molecule has 1 fully saturated rings. The zero-order chi connectivity index (χ0) is 12.7. The monoisotopic (exact) mass is 238 g/mol. The van der Waals surface area contributed by atoms with E-state index in [0.717, 1.165) is 25.9 Å². The zero-order valence-corrected chi connectivity index (χ0v) is 10.7. The lowest BCUT2D eigenvalue weighted by molar-refractivity contribution is -0.123. The van der Waals surface area contributed by atoms with Gasteiger partial charge in [0, 0.05) is 25.7 Å². The van der Waals surface area contributed by atoms with Crippen molar-refractivity contribution in [2.45, 2.75) is 38.8 Å². The Morgan fingerprint density at radius 1 is 1.59 bits per heavy atom. The van der Waals surface area contributed by atoms with Crippen LogP contribution < -0.4 is 10.6 Å². The second-order valence-corrected chi connectivity index (χ2v) is 4.40. The van der Waals surface area contributed by atoms with Crippen LogP contribution in [0.3, 0.4) is 0 Å². The predicted octanol–water partition coefficient (Wildman–Crippen LogP) is 0.0886. The van der Waals surface area contributed by atoms with Gasteiger partial charge in [-0.05, 0) is 12.8 Å². The van der Waals surface area contributed by atoms with Crippen molar-refractivity contribution in [3.8, 4) is 6.07 Å². The highest BCUT2D eigenvalue weighted by Crippen LogP contribution is 2.02. The topological polar surface area (TPSA) is 68.2 Å². The van der Waals surface area contributed by atoms with Crippen LogP contribution in [-0.4, -0.2) is 49.1 Å². The predicted molar refractivity (Wildman–Crippen MR) is 66.4 cm³/mol. The molecular weight excluding hydrogens is 216 g/mol. The van der Waals surface area contributed by atoms with Gasteiger partial charge in [-0.2, -0.15) is 5.26 Å². The summed E-state index contributed by atoms with van der Waals surface area (Å²) in [5, 5.41) is 15.1. The summed E-state index contributed by atoms with van der Waals surface area (Å²) >= 11 is 0. The zero-order valence-electron chi connectivity index (χ0n) is 10.7. The fraction of sp³-hybridized carbons (Fsp3) is 0.833. The van der Waals surface area contributed by atoms with Crippen LogP contribution in [0.1, 0.15) is 26.7 Å². The summed E-state index contributed by atoms with van der Waals surface area (Å²) in [5.74, 6) is 0.0286. The van der Waals surface area contributed by atoms with Gasteiger partial charge in [0.25, 0.3) is 0 Å². The van der Waals surface area contributed by atoms with Gasteiger partial charge in [-0.15, -0.1) is 0 Å². The molecule has 96 valence electrons. The number of piperazine rings is 1. The molecule has 1 heterocycles. The Morgan fingerprint density at radius 3 is 2.88 bits per heavy atom. The van der Waals surface area contributed by atoms with Crippen molar-refractivity contribution in [3.63, 3.8) is 0 Å². The van der Waals surface area contributed by atoms with E-state index in [0.29, 0.717) is 13.1 Å². The minimum Gasteiger partial charge on any atom is -0.352 e. The van der Waals surface area contributed by atoms with E-state index in [2.05, 4.69) is 30.6 Å². The largest absolute Gasteiger partial charge is 0.352 e. The Bertz CT molecular complexity index is 283. The third-order valence-corrected chi connectivity index (χ3v) is 3.20. The lowest BCUT2D eigenvalue weighted by Gasteiger charge is -2.31. The molecule has 0 radical (unpaired) electrons. The quantitative estimate of drug-likeness (QED) is 0.712. The highest BCUT2D eigenvalue weighted by molar-refractivity contribution is 5.78. The van der Waals surface area contributed by atoms with Gasteiger partial charge in [-0.25, -0.2) is 0 Å². The molecule has 1 aliphatic heterocycles. The number of hydrogen-bond donors (Lipinski definition) is 2. The average Bonchev–Trinajstić information content (AvgIpc) is 2.36. The van der Waals surface area contributed by atoms with E-state index in [1.54, 1.807) is 0 Å². The van der Waals surface area contributed by atoms with Gasteiger partial charge in [0.1, 0.15) is 6.04 Å². The molecule has 0 aromatic heterocycles. The Balaban J connectivity index is 2.41. The summed E-state index contributed by atoms with van der Waals surface area (Å²) in [4.78, 5) is 13.8. The first-order valence-corrected chi connectivity index (χ1v) is 6.35. The van der Waals surface area contributed by atoms with Gasteiger partial charge in [0.2, 0.25) is 5.91 Å². The summed E-state index contributed by atoms with van der Waals surface area (Å²) in [6.07, 6.45) is 1.90. The van der Waals surface area contributed by atoms with E-state index in [-0.39, 0.29) is 18.0 Å². The van der Waals surface area contributed by atoms with E-state index >= 15 is 0 Å². The fourth-order valence-electron chi connectivity index (χ4n) is 2.01. The smallest absolute Gasteiger partial charge is 0.234 e. The minimum absolute atomic E-state index is 0.0286. The normalized spacial score (nSPS) is 21.2. The number of nitrogens with zero attached hydrogens (tertiary/aromatic N) is 2. The number of rotatable bonds is 5. The van der Waals surface area contributed by atoms with Crippen molar-refractivity contribution in [3.05, 3.63) is 0 Å². The molecule has 1 saturated heterocycles. The Morgan fingerprint density at radius 2 is 2.29 bits per heavy atom. The van der Waals surface area contributed by atoms with Crippen LogP contribution in [0.4, 0.5) is 0 Å². The number of carbonyl (C=O) groups excluding carboxylic acids is 1. The molecule has 1 atom stereocenters. The Labute approximate surface area is 103 Å². The van der Waals surface area contributed by atoms with Crippen molar-refractivity contribution in [2.24, 2.45) is 0 Å². The molecule has 1 amide bonds. The standard InChI is InChI=1S/C12H22N4O/c1-3-10(4-2)15-12(17)9-16-6-5-14-8-11(16)7-13/h10-11,14H,3-6,8-9H2,1-2H3,(H,15,17). The molecule has 5 nitrogen and oxygen atoms in total. The molecule has 1 unspecified atom stereocenters. The van der Waals surface area contributed by atoms with Crippen molar-refractivity contribution in [1.29, 1.82) is 5.26 Å². The van der Waals surface area contributed by atoms with Crippen molar-refractivity contribution >= 4 is 5.91 Å². The van der Waals surface area contributed by atoms with Crippen LogP contribution in [0.25, 0.3) is 0 Å². The van der Waals surface area contributed by atoms with Gasteiger partial charge in [-0.1, -0.05) is 13.8 Å².